The van der Waals surface area contributed by atoms with E-state index in [0.29, 0.717) is 34.5 Å². The summed E-state index contributed by atoms with van der Waals surface area (Å²) in [6.07, 6.45) is 4.97. The molecule has 0 aliphatic carbocycles. The minimum Gasteiger partial charge on any atom is -0.307 e. The van der Waals surface area contributed by atoms with E-state index in [1.54, 1.807) is 18.2 Å². The zero-order valence-corrected chi connectivity index (χ0v) is 21.3. The van der Waals surface area contributed by atoms with Crippen molar-refractivity contribution in [2.75, 3.05) is 31.1 Å². The SMILES string of the molecule is Cc1cc(C(=O)N2CC3(CCN(CC=Cc4c(F)cccc4F)CC3)c3cc(Cl)ccc32)cc(Cl)n1. The predicted molar refractivity (Wildman–Crippen MR) is 140 cm³/mol. The number of carbonyl (C=O) groups excluding carboxylic acids is 1. The maximum absolute atomic E-state index is 13.9. The second kappa shape index (κ2) is 9.92. The first-order valence-corrected chi connectivity index (χ1v) is 12.6. The Hall–Kier alpha value is -2.80. The fourth-order valence-corrected chi connectivity index (χ4v) is 5.73. The summed E-state index contributed by atoms with van der Waals surface area (Å²) in [5.74, 6) is -1.25. The first-order chi connectivity index (χ1) is 17.3. The number of aryl methyl sites for hydroxylation is 1. The van der Waals surface area contributed by atoms with Gasteiger partial charge in [-0.15, -0.1) is 0 Å². The Kier molecular flexibility index (Phi) is 6.86. The van der Waals surface area contributed by atoms with Gasteiger partial charge in [0.15, 0.2) is 0 Å². The van der Waals surface area contributed by atoms with E-state index in [9.17, 15) is 13.6 Å². The average Bonchev–Trinajstić information content (AvgIpc) is 3.14. The lowest BCUT2D eigenvalue weighted by Gasteiger charge is -2.39. The lowest BCUT2D eigenvalue weighted by molar-refractivity contribution is 0.0977. The Bertz CT molecular complexity index is 1310. The highest BCUT2D eigenvalue weighted by Crippen LogP contribution is 2.48. The van der Waals surface area contributed by atoms with Gasteiger partial charge in [0.05, 0.1) is 0 Å². The van der Waals surface area contributed by atoms with E-state index in [1.165, 1.54) is 24.3 Å². The number of likely N-dealkylation sites (tertiary alicyclic amines) is 1. The molecule has 1 spiro atoms. The number of fused-ring (bicyclic) bond motifs is 2. The van der Waals surface area contributed by atoms with Gasteiger partial charge in [0.2, 0.25) is 0 Å². The highest BCUT2D eigenvalue weighted by atomic mass is 35.5. The molecule has 3 aromatic rings. The minimum atomic E-state index is -0.571. The molecule has 4 nitrogen and oxygen atoms in total. The number of hydrogen-bond donors (Lipinski definition) is 0. The Morgan fingerprint density at radius 2 is 1.81 bits per heavy atom. The monoisotopic (exact) mass is 527 g/mol. The highest BCUT2D eigenvalue weighted by molar-refractivity contribution is 6.31. The summed E-state index contributed by atoms with van der Waals surface area (Å²) in [7, 11) is 0. The first kappa shape index (κ1) is 24.9. The molecule has 8 heteroatoms. The molecular formula is C28H25Cl2F2N3O. The van der Waals surface area contributed by atoms with Crippen molar-refractivity contribution < 1.29 is 13.6 Å². The number of pyridine rings is 1. The van der Waals surface area contributed by atoms with E-state index in [-0.39, 0.29) is 16.9 Å². The van der Waals surface area contributed by atoms with Crippen LogP contribution in [0.2, 0.25) is 10.2 Å². The Morgan fingerprint density at radius 1 is 1.08 bits per heavy atom. The largest absolute Gasteiger partial charge is 0.307 e. The van der Waals surface area contributed by atoms with Crippen LogP contribution in [0.3, 0.4) is 0 Å². The van der Waals surface area contributed by atoms with Crippen molar-refractivity contribution >= 4 is 40.9 Å². The standard InChI is InChI=1S/C28H25Cl2F2N3O/c1-18-14-19(15-26(30)33-18)27(36)35-17-28(22-16-20(29)7-8-25(22)35)9-12-34(13-10-28)11-3-4-21-23(31)5-2-6-24(21)32/h2-8,14-16H,9-13,17H2,1H3. The smallest absolute Gasteiger partial charge is 0.258 e. The summed E-state index contributed by atoms with van der Waals surface area (Å²) < 4.78 is 27.8. The van der Waals surface area contributed by atoms with Gasteiger partial charge in [-0.3, -0.25) is 9.69 Å². The zero-order valence-electron chi connectivity index (χ0n) is 19.8. The van der Waals surface area contributed by atoms with Crippen LogP contribution in [0.5, 0.6) is 0 Å². The molecule has 0 saturated carbocycles. The van der Waals surface area contributed by atoms with Gasteiger partial charge >= 0.3 is 0 Å². The van der Waals surface area contributed by atoms with E-state index < -0.39 is 11.6 Å². The molecule has 36 heavy (non-hydrogen) atoms. The summed E-state index contributed by atoms with van der Waals surface area (Å²) in [5, 5.41) is 0.933. The average molecular weight is 528 g/mol. The summed E-state index contributed by atoms with van der Waals surface area (Å²) >= 11 is 12.5. The number of piperidine rings is 1. The van der Waals surface area contributed by atoms with Crippen molar-refractivity contribution in [3.05, 3.63) is 98.8 Å². The fraction of sp³-hybridized carbons (Fsp3) is 0.286. The lowest BCUT2D eigenvalue weighted by atomic mass is 9.74. The molecule has 1 amide bonds. The van der Waals surface area contributed by atoms with Crippen molar-refractivity contribution in [1.82, 2.24) is 9.88 Å². The van der Waals surface area contributed by atoms with Gasteiger partial charge in [0, 0.05) is 46.0 Å². The second-order valence-electron chi connectivity index (χ2n) is 9.49. The number of nitrogens with zero attached hydrogens (tertiary/aromatic N) is 3. The second-order valence-corrected chi connectivity index (χ2v) is 10.3. The number of anilines is 1. The Morgan fingerprint density at radius 3 is 2.50 bits per heavy atom. The minimum absolute atomic E-state index is 0.0223. The normalized spacial score (nSPS) is 17.2. The number of halogens is 4. The third kappa shape index (κ3) is 4.77. The molecule has 0 bridgehead atoms. The zero-order chi connectivity index (χ0) is 25.4. The summed E-state index contributed by atoms with van der Waals surface area (Å²) in [4.78, 5) is 21.8. The number of rotatable bonds is 4. The van der Waals surface area contributed by atoms with Crippen LogP contribution in [0, 0.1) is 18.6 Å². The van der Waals surface area contributed by atoms with Gasteiger partial charge in [-0.2, -0.15) is 0 Å². The van der Waals surface area contributed by atoms with Crippen LogP contribution in [0.15, 0.2) is 54.6 Å². The summed E-state index contributed by atoms with van der Waals surface area (Å²) in [6, 6.07) is 12.9. The Labute approximate surface area is 219 Å². The molecule has 2 aliphatic rings. The molecule has 1 aromatic heterocycles. The third-order valence-electron chi connectivity index (χ3n) is 7.16. The topological polar surface area (TPSA) is 36.4 Å². The van der Waals surface area contributed by atoms with Crippen molar-refractivity contribution in [3.8, 4) is 0 Å². The maximum atomic E-state index is 13.9. The molecule has 0 atom stereocenters. The van der Waals surface area contributed by atoms with E-state index in [4.69, 9.17) is 23.2 Å². The number of aromatic nitrogens is 1. The quantitative estimate of drug-likeness (QED) is 0.355. The molecule has 2 aliphatic heterocycles. The van der Waals surface area contributed by atoms with Crippen LogP contribution < -0.4 is 4.90 Å². The molecule has 1 saturated heterocycles. The van der Waals surface area contributed by atoms with Gasteiger partial charge in [0.25, 0.3) is 5.91 Å². The molecule has 5 rings (SSSR count). The van der Waals surface area contributed by atoms with Gasteiger partial charge < -0.3 is 4.90 Å². The van der Waals surface area contributed by atoms with E-state index in [2.05, 4.69) is 9.88 Å². The van der Waals surface area contributed by atoms with Crippen LogP contribution in [-0.2, 0) is 5.41 Å². The van der Waals surface area contributed by atoms with Gasteiger partial charge in [-0.25, -0.2) is 13.8 Å². The fourth-order valence-electron chi connectivity index (χ4n) is 5.31. The molecule has 0 N–H and O–H groups in total. The van der Waals surface area contributed by atoms with E-state index in [0.717, 1.165) is 37.2 Å². The van der Waals surface area contributed by atoms with Crippen LogP contribution >= 0.6 is 23.2 Å². The summed E-state index contributed by atoms with van der Waals surface area (Å²) in [5.41, 5.74) is 2.92. The number of hydrogen-bond acceptors (Lipinski definition) is 3. The number of amides is 1. The third-order valence-corrected chi connectivity index (χ3v) is 7.59. The van der Waals surface area contributed by atoms with Crippen molar-refractivity contribution in [3.63, 3.8) is 0 Å². The maximum Gasteiger partial charge on any atom is 0.258 e. The van der Waals surface area contributed by atoms with Gasteiger partial charge in [0.1, 0.15) is 16.8 Å². The highest BCUT2D eigenvalue weighted by Gasteiger charge is 2.46. The predicted octanol–water partition coefficient (Wildman–Crippen LogP) is 6.68. The Balaban J connectivity index is 1.33. The first-order valence-electron chi connectivity index (χ1n) is 11.8. The van der Waals surface area contributed by atoms with Gasteiger partial charge in [-0.05, 0) is 80.9 Å². The van der Waals surface area contributed by atoms with Crippen LogP contribution in [0.4, 0.5) is 14.5 Å². The molecule has 1 fully saturated rings. The molecule has 2 aromatic carbocycles. The molecule has 0 unspecified atom stereocenters. The lowest BCUT2D eigenvalue weighted by Crippen LogP contribution is -2.46. The van der Waals surface area contributed by atoms with Crippen molar-refractivity contribution in [1.29, 1.82) is 0 Å². The summed E-state index contributed by atoms with van der Waals surface area (Å²) in [6.45, 7) is 4.54. The van der Waals surface area contributed by atoms with Crippen LogP contribution in [-0.4, -0.2) is 42.0 Å². The van der Waals surface area contributed by atoms with E-state index >= 15 is 0 Å². The van der Waals surface area contributed by atoms with Crippen molar-refractivity contribution in [2.24, 2.45) is 0 Å². The van der Waals surface area contributed by atoms with Crippen LogP contribution in [0.25, 0.3) is 6.08 Å². The van der Waals surface area contributed by atoms with Crippen LogP contribution in [0.1, 0.15) is 40.0 Å². The molecule has 186 valence electrons. The molecule has 0 radical (unpaired) electrons. The van der Waals surface area contributed by atoms with E-state index in [1.807, 2.05) is 30.0 Å². The number of benzene rings is 2. The van der Waals surface area contributed by atoms with Gasteiger partial charge in [-0.1, -0.05) is 41.4 Å². The van der Waals surface area contributed by atoms with Crippen molar-refractivity contribution in [2.45, 2.75) is 25.2 Å². The molecule has 3 heterocycles. The number of carbonyl (C=O) groups is 1. The molecular weight excluding hydrogens is 503 g/mol.